The summed E-state index contributed by atoms with van der Waals surface area (Å²) in [6.07, 6.45) is 3.71. The van der Waals surface area contributed by atoms with Gasteiger partial charge in [0.2, 0.25) is 5.91 Å². The zero-order chi connectivity index (χ0) is 13.8. The minimum Gasteiger partial charge on any atom is -0.325 e. The van der Waals surface area contributed by atoms with Crippen LogP contribution in [0.5, 0.6) is 0 Å². The highest BCUT2D eigenvalue weighted by molar-refractivity contribution is 5.93. The Morgan fingerprint density at radius 1 is 1.26 bits per heavy atom. The van der Waals surface area contributed by atoms with Crippen molar-refractivity contribution in [3.8, 4) is 0 Å². The minimum absolute atomic E-state index is 0.0787. The predicted molar refractivity (Wildman–Crippen MR) is 77.4 cm³/mol. The van der Waals surface area contributed by atoms with Gasteiger partial charge < -0.3 is 5.32 Å². The molecule has 0 spiro atoms. The van der Waals surface area contributed by atoms with Gasteiger partial charge in [0.05, 0.1) is 6.54 Å². The summed E-state index contributed by atoms with van der Waals surface area (Å²) in [6.45, 7) is 8.51. The molecule has 4 heteroatoms. The second-order valence-electron chi connectivity index (χ2n) is 5.41. The molecule has 2 rings (SSSR count). The number of anilines is 1. The van der Waals surface area contributed by atoms with Gasteiger partial charge in [-0.25, -0.2) is 0 Å². The summed E-state index contributed by atoms with van der Waals surface area (Å²) in [5, 5.41) is 3.02. The van der Waals surface area contributed by atoms with Crippen molar-refractivity contribution in [3.63, 3.8) is 0 Å². The Morgan fingerprint density at radius 2 is 1.95 bits per heavy atom. The third kappa shape index (κ3) is 3.77. The first-order chi connectivity index (χ1) is 9.06. The number of piperidine rings is 1. The maximum Gasteiger partial charge on any atom is 0.238 e. The zero-order valence-corrected chi connectivity index (χ0v) is 12.1. The molecule has 1 aromatic rings. The highest BCUT2D eigenvalue weighted by atomic mass is 16.2. The predicted octanol–water partition coefficient (Wildman–Crippen LogP) is 2.43. The third-order valence-electron chi connectivity index (χ3n) is 3.73. The average Bonchev–Trinajstić information content (AvgIpc) is 2.36. The van der Waals surface area contributed by atoms with E-state index in [1.165, 1.54) is 19.3 Å². The lowest BCUT2D eigenvalue weighted by atomic mass is 10.1. The molecule has 0 aromatic carbocycles. The molecular formula is C15H23N3O. The normalized spacial score (nSPS) is 16.4. The van der Waals surface area contributed by atoms with Crippen molar-refractivity contribution in [3.05, 3.63) is 23.0 Å². The molecule has 4 nitrogen and oxygen atoms in total. The topological polar surface area (TPSA) is 45.2 Å². The highest BCUT2D eigenvalue weighted by Gasteiger charge is 2.15. The Hall–Kier alpha value is -1.42. The Kier molecular flexibility index (Phi) is 4.53. The smallest absolute Gasteiger partial charge is 0.238 e. The standard InChI is InChI=1S/C15H23N3O/c1-11-9-14(12(2)13(3)16-11)17-15(19)10-18-7-5-4-6-8-18/h9H,4-8,10H2,1-3H3,(H,16,17,19). The number of aromatic nitrogens is 1. The van der Waals surface area contributed by atoms with Gasteiger partial charge in [0.1, 0.15) is 0 Å². The molecule has 1 aliphatic heterocycles. The summed E-state index contributed by atoms with van der Waals surface area (Å²) in [7, 11) is 0. The van der Waals surface area contributed by atoms with Crippen molar-refractivity contribution >= 4 is 11.6 Å². The van der Waals surface area contributed by atoms with Gasteiger partial charge in [0, 0.05) is 17.1 Å². The lowest BCUT2D eigenvalue weighted by Crippen LogP contribution is -2.37. The summed E-state index contributed by atoms with van der Waals surface area (Å²) < 4.78 is 0. The number of aryl methyl sites for hydroxylation is 2. The van der Waals surface area contributed by atoms with Crippen LogP contribution in [0, 0.1) is 20.8 Å². The Labute approximate surface area is 115 Å². The molecule has 0 unspecified atom stereocenters. The molecule has 2 heterocycles. The summed E-state index contributed by atoms with van der Waals surface area (Å²) in [4.78, 5) is 18.7. The second-order valence-corrected chi connectivity index (χ2v) is 5.41. The molecule has 1 saturated heterocycles. The minimum atomic E-state index is 0.0787. The molecule has 0 atom stereocenters. The van der Waals surface area contributed by atoms with Crippen LogP contribution in [0.2, 0.25) is 0 Å². The van der Waals surface area contributed by atoms with Gasteiger partial charge in [-0.2, -0.15) is 0 Å². The van der Waals surface area contributed by atoms with E-state index in [-0.39, 0.29) is 5.91 Å². The van der Waals surface area contributed by atoms with Gasteiger partial charge >= 0.3 is 0 Å². The first-order valence-electron chi connectivity index (χ1n) is 7.03. The number of carbonyl (C=O) groups excluding carboxylic acids is 1. The van der Waals surface area contributed by atoms with Crippen LogP contribution in [0.25, 0.3) is 0 Å². The van der Waals surface area contributed by atoms with Crippen molar-refractivity contribution < 1.29 is 4.79 Å². The largest absolute Gasteiger partial charge is 0.325 e. The maximum absolute atomic E-state index is 12.1. The fourth-order valence-electron chi connectivity index (χ4n) is 2.53. The number of amides is 1. The van der Waals surface area contributed by atoms with Crippen molar-refractivity contribution in [2.45, 2.75) is 40.0 Å². The van der Waals surface area contributed by atoms with E-state index in [2.05, 4.69) is 15.2 Å². The van der Waals surface area contributed by atoms with Crippen LogP contribution >= 0.6 is 0 Å². The number of carbonyl (C=O) groups is 1. The van der Waals surface area contributed by atoms with E-state index in [0.29, 0.717) is 6.54 Å². The molecule has 1 aromatic heterocycles. The molecule has 0 radical (unpaired) electrons. The maximum atomic E-state index is 12.1. The third-order valence-corrected chi connectivity index (χ3v) is 3.73. The number of hydrogen-bond donors (Lipinski definition) is 1. The molecule has 1 fully saturated rings. The zero-order valence-electron chi connectivity index (χ0n) is 12.1. The lowest BCUT2D eigenvalue weighted by Gasteiger charge is -2.25. The van der Waals surface area contributed by atoms with Gasteiger partial charge in [0.15, 0.2) is 0 Å². The Morgan fingerprint density at radius 3 is 2.63 bits per heavy atom. The SMILES string of the molecule is Cc1cc(NC(=O)CN2CCCCC2)c(C)c(C)n1. The average molecular weight is 261 g/mol. The van der Waals surface area contributed by atoms with Crippen LogP contribution in [0.15, 0.2) is 6.07 Å². The first-order valence-corrected chi connectivity index (χ1v) is 7.03. The van der Waals surface area contributed by atoms with E-state index in [1.54, 1.807) is 0 Å². The first kappa shape index (κ1) is 14.0. The molecule has 1 N–H and O–H groups in total. The number of pyridine rings is 1. The quantitative estimate of drug-likeness (QED) is 0.909. The van der Waals surface area contributed by atoms with Crippen LogP contribution in [0.4, 0.5) is 5.69 Å². The van der Waals surface area contributed by atoms with Crippen molar-refractivity contribution in [1.82, 2.24) is 9.88 Å². The molecule has 0 saturated carbocycles. The highest BCUT2D eigenvalue weighted by Crippen LogP contribution is 2.18. The summed E-state index contributed by atoms with van der Waals surface area (Å²) in [6, 6.07) is 1.94. The van der Waals surface area contributed by atoms with Crippen LogP contribution < -0.4 is 5.32 Å². The number of rotatable bonds is 3. The number of hydrogen-bond acceptors (Lipinski definition) is 3. The molecule has 0 bridgehead atoms. The van der Waals surface area contributed by atoms with Crippen molar-refractivity contribution in [1.29, 1.82) is 0 Å². The summed E-state index contributed by atoms with van der Waals surface area (Å²) in [5.41, 5.74) is 3.87. The molecule has 19 heavy (non-hydrogen) atoms. The van der Waals surface area contributed by atoms with Gasteiger partial charge in [-0.3, -0.25) is 14.7 Å². The summed E-state index contributed by atoms with van der Waals surface area (Å²) in [5.74, 6) is 0.0787. The fourth-order valence-corrected chi connectivity index (χ4v) is 2.53. The van der Waals surface area contributed by atoms with Crippen LogP contribution in [0.3, 0.4) is 0 Å². The second kappa shape index (κ2) is 6.15. The van der Waals surface area contributed by atoms with E-state index in [1.807, 2.05) is 26.8 Å². The Bertz CT molecular complexity index is 465. The number of likely N-dealkylation sites (tertiary alicyclic amines) is 1. The van der Waals surface area contributed by atoms with E-state index in [4.69, 9.17) is 0 Å². The molecule has 0 aliphatic carbocycles. The number of nitrogens with one attached hydrogen (secondary N) is 1. The van der Waals surface area contributed by atoms with E-state index >= 15 is 0 Å². The van der Waals surface area contributed by atoms with Gasteiger partial charge in [-0.1, -0.05) is 6.42 Å². The Balaban J connectivity index is 1.98. The van der Waals surface area contributed by atoms with Crippen molar-refractivity contribution in [2.75, 3.05) is 25.0 Å². The molecule has 1 aliphatic rings. The van der Waals surface area contributed by atoms with Gasteiger partial charge in [0.25, 0.3) is 0 Å². The van der Waals surface area contributed by atoms with Crippen molar-refractivity contribution in [2.24, 2.45) is 0 Å². The molecule has 1 amide bonds. The van der Waals surface area contributed by atoms with E-state index in [9.17, 15) is 4.79 Å². The fraction of sp³-hybridized carbons (Fsp3) is 0.600. The monoisotopic (exact) mass is 261 g/mol. The molecule has 104 valence electrons. The lowest BCUT2D eigenvalue weighted by molar-refractivity contribution is -0.117. The van der Waals surface area contributed by atoms with Crippen LogP contribution in [-0.2, 0) is 4.79 Å². The van der Waals surface area contributed by atoms with Gasteiger partial charge in [-0.15, -0.1) is 0 Å². The summed E-state index contributed by atoms with van der Waals surface area (Å²) >= 11 is 0. The van der Waals surface area contributed by atoms with Gasteiger partial charge in [-0.05, 0) is 58.3 Å². The van der Waals surface area contributed by atoms with E-state index in [0.717, 1.165) is 35.7 Å². The van der Waals surface area contributed by atoms with E-state index < -0.39 is 0 Å². The van der Waals surface area contributed by atoms with Crippen LogP contribution in [0.1, 0.15) is 36.2 Å². The number of nitrogens with zero attached hydrogens (tertiary/aromatic N) is 2. The molecular weight excluding hydrogens is 238 g/mol. The van der Waals surface area contributed by atoms with Crippen LogP contribution in [-0.4, -0.2) is 35.4 Å².